The molecule has 1 aromatic rings. The molecule has 17 heavy (non-hydrogen) atoms. The Hall–Kier alpha value is -0.640. The van der Waals surface area contributed by atoms with Crippen LogP contribution in [0.4, 0.5) is 0 Å². The predicted octanol–water partition coefficient (Wildman–Crippen LogP) is 2.47. The summed E-state index contributed by atoms with van der Waals surface area (Å²) in [6.07, 6.45) is 1.66. The predicted molar refractivity (Wildman–Crippen MR) is 72.3 cm³/mol. The minimum atomic E-state index is -0.468. The van der Waals surface area contributed by atoms with Crippen LogP contribution in [0.1, 0.15) is 33.0 Å². The van der Waals surface area contributed by atoms with E-state index in [1.165, 1.54) is 11.5 Å². The van der Waals surface area contributed by atoms with Crippen LogP contribution >= 0.6 is 23.3 Å². The Morgan fingerprint density at radius 1 is 1.65 bits per heavy atom. The maximum atomic E-state index is 9.10. The SMILES string of the molecule is CCc1nsc(SC(C)CC(C)(C#N)NC)n1. The van der Waals surface area contributed by atoms with Gasteiger partial charge in [-0.1, -0.05) is 25.6 Å². The molecule has 0 fully saturated rings. The molecule has 1 heterocycles. The molecule has 1 aromatic heterocycles. The van der Waals surface area contributed by atoms with Crippen LogP contribution in [-0.4, -0.2) is 27.2 Å². The highest BCUT2D eigenvalue weighted by Crippen LogP contribution is 2.29. The highest BCUT2D eigenvalue weighted by atomic mass is 32.2. The number of nitriles is 1. The van der Waals surface area contributed by atoms with Crippen molar-refractivity contribution in [1.29, 1.82) is 5.26 Å². The average molecular weight is 270 g/mol. The number of rotatable bonds is 6. The fraction of sp³-hybridized carbons (Fsp3) is 0.727. The molecule has 94 valence electrons. The molecule has 2 unspecified atom stereocenters. The molecule has 0 saturated heterocycles. The third-order valence-corrected chi connectivity index (χ3v) is 4.49. The summed E-state index contributed by atoms with van der Waals surface area (Å²) < 4.78 is 5.25. The van der Waals surface area contributed by atoms with E-state index in [1.807, 2.05) is 20.9 Å². The van der Waals surface area contributed by atoms with Gasteiger partial charge < -0.3 is 5.32 Å². The summed E-state index contributed by atoms with van der Waals surface area (Å²) in [7, 11) is 1.82. The molecule has 0 aliphatic rings. The van der Waals surface area contributed by atoms with Crippen molar-refractivity contribution in [3.63, 3.8) is 0 Å². The van der Waals surface area contributed by atoms with Crippen molar-refractivity contribution in [2.75, 3.05) is 7.05 Å². The number of hydrogen-bond acceptors (Lipinski definition) is 6. The first-order valence-electron chi connectivity index (χ1n) is 5.62. The summed E-state index contributed by atoms with van der Waals surface area (Å²) in [5.74, 6) is 0.904. The van der Waals surface area contributed by atoms with Gasteiger partial charge in [0.05, 0.1) is 6.07 Å². The fourth-order valence-electron chi connectivity index (χ4n) is 1.42. The first-order chi connectivity index (χ1) is 8.03. The number of nitrogens with zero attached hydrogens (tertiary/aromatic N) is 3. The minimum Gasteiger partial charge on any atom is -0.303 e. The molecule has 0 aliphatic carbocycles. The Morgan fingerprint density at radius 2 is 2.35 bits per heavy atom. The third kappa shape index (κ3) is 4.26. The molecule has 2 atom stereocenters. The first kappa shape index (κ1) is 14.4. The van der Waals surface area contributed by atoms with Gasteiger partial charge in [-0.05, 0) is 31.9 Å². The molecule has 0 bridgehead atoms. The molecule has 0 amide bonds. The standard InChI is InChI=1S/C11H18N4S2/c1-5-9-14-10(17-15-9)16-8(2)6-11(3,7-12)13-4/h8,13H,5-6H2,1-4H3. The van der Waals surface area contributed by atoms with Crippen LogP contribution < -0.4 is 5.32 Å². The second-order valence-electron chi connectivity index (χ2n) is 4.16. The van der Waals surface area contributed by atoms with E-state index in [0.29, 0.717) is 5.25 Å². The first-order valence-corrected chi connectivity index (χ1v) is 7.27. The van der Waals surface area contributed by atoms with Crippen molar-refractivity contribution in [1.82, 2.24) is 14.7 Å². The maximum Gasteiger partial charge on any atom is 0.170 e. The van der Waals surface area contributed by atoms with Crippen LogP contribution in [0.3, 0.4) is 0 Å². The number of thioether (sulfide) groups is 1. The molecular formula is C11H18N4S2. The van der Waals surface area contributed by atoms with E-state index < -0.39 is 5.54 Å². The van der Waals surface area contributed by atoms with E-state index in [0.717, 1.165) is 23.0 Å². The van der Waals surface area contributed by atoms with Crippen molar-refractivity contribution >= 4 is 23.3 Å². The Balaban J connectivity index is 2.55. The molecule has 0 spiro atoms. The van der Waals surface area contributed by atoms with E-state index in [4.69, 9.17) is 5.26 Å². The van der Waals surface area contributed by atoms with E-state index in [1.54, 1.807) is 11.8 Å². The summed E-state index contributed by atoms with van der Waals surface area (Å²) >= 11 is 3.13. The average Bonchev–Trinajstić information content (AvgIpc) is 2.76. The molecule has 0 radical (unpaired) electrons. The van der Waals surface area contributed by atoms with E-state index >= 15 is 0 Å². The van der Waals surface area contributed by atoms with Gasteiger partial charge in [-0.25, -0.2) is 4.98 Å². The molecular weight excluding hydrogens is 252 g/mol. The lowest BCUT2D eigenvalue weighted by Gasteiger charge is -2.23. The summed E-state index contributed by atoms with van der Waals surface area (Å²) in [5.41, 5.74) is -0.468. The third-order valence-electron chi connectivity index (χ3n) is 2.56. The van der Waals surface area contributed by atoms with Crippen LogP contribution in [0.5, 0.6) is 0 Å². The molecule has 0 saturated carbocycles. The monoisotopic (exact) mass is 270 g/mol. The summed E-state index contributed by atoms with van der Waals surface area (Å²) in [6.45, 7) is 6.08. The van der Waals surface area contributed by atoms with Crippen molar-refractivity contribution in [3.05, 3.63) is 5.82 Å². The van der Waals surface area contributed by atoms with E-state index in [9.17, 15) is 0 Å². The van der Waals surface area contributed by atoms with Crippen LogP contribution in [0.15, 0.2) is 4.34 Å². The Morgan fingerprint density at radius 3 is 2.82 bits per heavy atom. The topological polar surface area (TPSA) is 61.6 Å². The second-order valence-corrected chi connectivity index (χ2v) is 6.59. The fourth-order valence-corrected chi connectivity index (χ4v) is 3.62. The number of aromatic nitrogens is 2. The highest BCUT2D eigenvalue weighted by molar-refractivity contribution is 8.01. The maximum absolute atomic E-state index is 9.10. The van der Waals surface area contributed by atoms with Crippen LogP contribution in [0.25, 0.3) is 0 Å². The zero-order chi connectivity index (χ0) is 12.9. The van der Waals surface area contributed by atoms with E-state index in [2.05, 4.69) is 27.7 Å². The Labute approximate surface area is 111 Å². The summed E-state index contributed by atoms with van der Waals surface area (Å²) in [5, 5.41) is 12.5. The van der Waals surface area contributed by atoms with Gasteiger partial charge in [-0.2, -0.15) is 9.64 Å². The largest absolute Gasteiger partial charge is 0.303 e. The minimum absolute atomic E-state index is 0.338. The zero-order valence-corrected chi connectivity index (χ0v) is 12.3. The quantitative estimate of drug-likeness (QED) is 0.805. The van der Waals surface area contributed by atoms with E-state index in [-0.39, 0.29) is 0 Å². The molecule has 0 aliphatic heterocycles. The summed E-state index contributed by atoms with van der Waals surface area (Å²) in [4.78, 5) is 4.42. The van der Waals surface area contributed by atoms with Gasteiger partial charge in [0.1, 0.15) is 11.4 Å². The normalized spacial score (nSPS) is 16.2. The van der Waals surface area contributed by atoms with Gasteiger partial charge in [0.25, 0.3) is 0 Å². The molecule has 1 rings (SSSR count). The molecule has 6 heteroatoms. The van der Waals surface area contributed by atoms with Crippen molar-refractivity contribution in [2.45, 2.75) is 48.7 Å². The summed E-state index contributed by atoms with van der Waals surface area (Å²) in [6, 6.07) is 2.30. The van der Waals surface area contributed by atoms with Gasteiger partial charge in [-0.15, -0.1) is 0 Å². The molecule has 1 N–H and O–H groups in total. The van der Waals surface area contributed by atoms with Gasteiger partial charge in [-0.3, -0.25) is 0 Å². The van der Waals surface area contributed by atoms with Gasteiger partial charge >= 0.3 is 0 Å². The lowest BCUT2D eigenvalue weighted by Crippen LogP contribution is -2.40. The van der Waals surface area contributed by atoms with Crippen LogP contribution in [0.2, 0.25) is 0 Å². The molecule has 0 aromatic carbocycles. The number of aryl methyl sites for hydroxylation is 1. The number of hydrogen-bond donors (Lipinski definition) is 1. The van der Waals surface area contributed by atoms with Crippen molar-refractivity contribution < 1.29 is 0 Å². The Bertz CT molecular complexity index is 398. The lowest BCUT2D eigenvalue weighted by molar-refractivity contribution is 0.455. The second kappa shape index (κ2) is 6.34. The smallest absolute Gasteiger partial charge is 0.170 e. The van der Waals surface area contributed by atoms with Gasteiger partial charge in [0.2, 0.25) is 0 Å². The zero-order valence-electron chi connectivity index (χ0n) is 10.6. The van der Waals surface area contributed by atoms with Crippen molar-refractivity contribution in [2.24, 2.45) is 0 Å². The van der Waals surface area contributed by atoms with Crippen LogP contribution in [-0.2, 0) is 6.42 Å². The molecule has 4 nitrogen and oxygen atoms in total. The van der Waals surface area contributed by atoms with Crippen molar-refractivity contribution in [3.8, 4) is 6.07 Å². The lowest BCUT2D eigenvalue weighted by atomic mass is 9.98. The Kier molecular flexibility index (Phi) is 5.37. The highest BCUT2D eigenvalue weighted by Gasteiger charge is 2.25. The van der Waals surface area contributed by atoms with Gasteiger partial charge in [0, 0.05) is 11.7 Å². The number of nitrogens with one attached hydrogen (secondary N) is 1. The van der Waals surface area contributed by atoms with Gasteiger partial charge in [0.15, 0.2) is 4.34 Å². The van der Waals surface area contributed by atoms with Crippen LogP contribution in [0, 0.1) is 11.3 Å².